The van der Waals surface area contributed by atoms with E-state index in [9.17, 15) is 14.0 Å². The van der Waals surface area contributed by atoms with Gasteiger partial charge < -0.3 is 20.7 Å². The summed E-state index contributed by atoms with van der Waals surface area (Å²) >= 11 is 0. The van der Waals surface area contributed by atoms with Crippen LogP contribution in [0.25, 0.3) is 0 Å². The van der Waals surface area contributed by atoms with Crippen LogP contribution in [0.15, 0.2) is 48.5 Å². The zero-order valence-electron chi connectivity index (χ0n) is 17.1. The highest BCUT2D eigenvalue weighted by atomic mass is 19.1. The summed E-state index contributed by atoms with van der Waals surface area (Å²) in [5, 5.41) is 2.90. The van der Waals surface area contributed by atoms with Gasteiger partial charge >= 0.3 is 0 Å². The fourth-order valence-corrected chi connectivity index (χ4v) is 2.75. The van der Waals surface area contributed by atoms with Crippen LogP contribution >= 0.6 is 0 Å². The molecule has 0 aliphatic heterocycles. The number of carbonyl (C=O) groups is 2. The topological polar surface area (TPSA) is 84.7 Å². The lowest BCUT2D eigenvalue weighted by molar-refractivity contribution is -0.120. The van der Waals surface area contributed by atoms with Crippen molar-refractivity contribution in [1.29, 1.82) is 0 Å². The lowest BCUT2D eigenvalue weighted by Gasteiger charge is -2.31. The molecule has 2 aromatic rings. The van der Waals surface area contributed by atoms with Gasteiger partial charge in [0.2, 0.25) is 5.91 Å². The van der Waals surface area contributed by atoms with Crippen molar-refractivity contribution in [2.24, 2.45) is 11.1 Å². The van der Waals surface area contributed by atoms with Crippen LogP contribution in [-0.2, 0) is 16.1 Å². The summed E-state index contributed by atoms with van der Waals surface area (Å²) in [7, 11) is 0. The average molecular weight is 401 g/mol. The lowest BCUT2D eigenvalue weighted by atomic mass is 9.95. The van der Waals surface area contributed by atoms with E-state index < -0.39 is 5.91 Å². The van der Waals surface area contributed by atoms with Crippen molar-refractivity contribution in [3.8, 4) is 5.75 Å². The zero-order chi connectivity index (χ0) is 21.4. The van der Waals surface area contributed by atoms with Crippen LogP contribution < -0.4 is 20.7 Å². The molecule has 0 aliphatic rings. The number of hydrogen-bond donors (Lipinski definition) is 2. The van der Waals surface area contributed by atoms with Gasteiger partial charge in [-0.2, -0.15) is 0 Å². The Balaban J connectivity index is 1.93. The molecule has 0 aromatic heterocycles. The molecule has 0 aliphatic carbocycles. The Bertz CT molecular complexity index is 815. The average Bonchev–Trinajstić information content (AvgIpc) is 2.64. The second-order valence-corrected chi connectivity index (χ2v) is 8.07. The van der Waals surface area contributed by atoms with E-state index in [1.807, 2.05) is 17.0 Å². The number of anilines is 1. The Labute approximate surface area is 170 Å². The molecule has 29 heavy (non-hydrogen) atoms. The third-order valence-electron chi connectivity index (χ3n) is 3.99. The number of benzene rings is 2. The summed E-state index contributed by atoms with van der Waals surface area (Å²) in [6, 6.07) is 13.2. The quantitative estimate of drug-likeness (QED) is 0.677. The highest BCUT2D eigenvalue weighted by Gasteiger charge is 2.19. The summed E-state index contributed by atoms with van der Waals surface area (Å²) in [6.07, 6.45) is 0. The molecule has 0 atom stereocenters. The summed E-state index contributed by atoms with van der Waals surface area (Å²) in [4.78, 5) is 25.2. The number of hydrogen-bond acceptors (Lipinski definition) is 4. The Kier molecular flexibility index (Phi) is 7.59. The van der Waals surface area contributed by atoms with Gasteiger partial charge in [-0.15, -0.1) is 0 Å². The SMILES string of the molecule is CC(C)(C)CN(CC(=O)NCc1ccc(OCC(N)=O)cc1)c1ccc(F)cc1. The van der Waals surface area contributed by atoms with Gasteiger partial charge in [0, 0.05) is 18.8 Å². The fraction of sp³-hybridized carbons (Fsp3) is 0.364. The van der Waals surface area contributed by atoms with E-state index in [1.165, 1.54) is 12.1 Å². The summed E-state index contributed by atoms with van der Waals surface area (Å²) in [5.41, 5.74) is 6.71. The third-order valence-corrected chi connectivity index (χ3v) is 3.99. The first-order valence-electron chi connectivity index (χ1n) is 9.40. The van der Waals surface area contributed by atoms with E-state index in [-0.39, 0.29) is 30.3 Å². The Hall–Kier alpha value is -3.09. The minimum Gasteiger partial charge on any atom is -0.484 e. The monoisotopic (exact) mass is 401 g/mol. The van der Waals surface area contributed by atoms with Gasteiger partial charge in [0.15, 0.2) is 6.61 Å². The number of halogens is 1. The second-order valence-electron chi connectivity index (χ2n) is 8.07. The van der Waals surface area contributed by atoms with Crippen molar-refractivity contribution in [3.05, 3.63) is 59.9 Å². The molecule has 0 bridgehead atoms. The molecule has 0 spiro atoms. The first-order valence-corrected chi connectivity index (χ1v) is 9.40. The normalized spacial score (nSPS) is 11.0. The molecule has 0 saturated carbocycles. The van der Waals surface area contributed by atoms with Crippen LogP contribution in [0.2, 0.25) is 0 Å². The molecular formula is C22H28FN3O3. The zero-order valence-corrected chi connectivity index (χ0v) is 17.1. The van der Waals surface area contributed by atoms with Crippen molar-refractivity contribution in [2.75, 3.05) is 24.6 Å². The van der Waals surface area contributed by atoms with Crippen LogP contribution in [0.3, 0.4) is 0 Å². The van der Waals surface area contributed by atoms with Crippen molar-refractivity contribution in [2.45, 2.75) is 27.3 Å². The minimum atomic E-state index is -0.540. The Morgan fingerprint density at radius 1 is 1.07 bits per heavy atom. The predicted octanol–water partition coefficient (Wildman–Crippen LogP) is 2.86. The first kappa shape index (κ1) is 22.2. The number of primary amides is 1. The third kappa shape index (κ3) is 8.21. The molecule has 0 fully saturated rings. The number of amides is 2. The van der Waals surface area contributed by atoms with E-state index in [4.69, 9.17) is 10.5 Å². The lowest BCUT2D eigenvalue weighted by Crippen LogP contribution is -2.41. The molecule has 156 valence electrons. The highest BCUT2D eigenvalue weighted by Crippen LogP contribution is 2.22. The van der Waals surface area contributed by atoms with E-state index in [0.717, 1.165) is 11.3 Å². The van der Waals surface area contributed by atoms with E-state index in [2.05, 4.69) is 26.1 Å². The Morgan fingerprint density at radius 2 is 1.69 bits per heavy atom. The van der Waals surface area contributed by atoms with Gasteiger partial charge in [-0.1, -0.05) is 32.9 Å². The van der Waals surface area contributed by atoms with Crippen LogP contribution in [0, 0.1) is 11.2 Å². The Morgan fingerprint density at radius 3 is 2.24 bits per heavy atom. The molecule has 0 radical (unpaired) electrons. The number of rotatable bonds is 9. The number of nitrogens with zero attached hydrogens (tertiary/aromatic N) is 1. The minimum absolute atomic E-state index is 0.0323. The maximum Gasteiger partial charge on any atom is 0.255 e. The van der Waals surface area contributed by atoms with Gasteiger partial charge in [0.05, 0.1) is 6.54 Å². The van der Waals surface area contributed by atoms with Crippen LogP contribution in [0.5, 0.6) is 5.75 Å². The van der Waals surface area contributed by atoms with Gasteiger partial charge in [-0.3, -0.25) is 9.59 Å². The van der Waals surface area contributed by atoms with E-state index >= 15 is 0 Å². The predicted molar refractivity (Wildman–Crippen MR) is 111 cm³/mol. The van der Waals surface area contributed by atoms with E-state index in [0.29, 0.717) is 18.8 Å². The standard InChI is InChI=1S/C22H28FN3O3/c1-22(2,3)15-26(18-8-6-17(23)7-9-18)13-21(28)25-12-16-4-10-19(11-5-16)29-14-20(24)27/h4-11H,12-15H2,1-3H3,(H2,24,27)(H,25,28). The maximum absolute atomic E-state index is 13.2. The molecule has 0 heterocycles. The van der Waals surface area contributed by atoms with Gasteiger partial charge in [-0.25, -0.2) is 4.39 Å². The maximum atomic E-state index is 13.2. The van der Waals surface area contributed by atoms with Gasteiger partial charge in [-0.05, 0) is 47.4 Å². The second kappa shape index (κ2) is 9.91. The van der Waals surface area contributed by atoms with Crippen LogP contribution in [-0.4, -0.2) is 31.5 Å². The van der Waals surface area contributed by atoms with Crippen molar-refractivity contribution >= 4 is 17.5 Å². The van der Waals surface area contributed by atoms with Crippen molar-refractivity contribution in [3.63, 3.8) is 0 Å². The molecule has 2 amide bonds. The molecule has 6 nitrogen and oxygen atoms in total. The highest BCUT2D eigenvalue weighted by molar-refractivity contribution is 5.81. The van der Waals surface area contributed by atoms with Crippen molar-refractivity contribution in [1.82, 2.24) is 5.32 Å². The molecule has 3 N–H and O–H groups in total. The summed E-state index contributed by atoms with van der Waals surface area (Å²) < 4.78 is 18.5. The van der Waals surface area contributed by atoms with Crippen LogP contribution in [0.4, 0.5) is 10.1 Å². The van der Waals surface area contributed by atoms with Gasteiger partial charge in [0.1, 0.15) is 11.6 Å². The number of nitrogens with one attached hydrogen (secondary N) is 1. The first-order chi connectivity index (χ1) is 13.6. The molecule has 2 aromatic carbocycles. The van der Waals surface area contributed by atoms with Crippen molar-refractivity contribution < 1.29 is 18.7 Å². The fourth-order valence-electron chi connectivity index (χ4n) is 2.75. The number of ether oxygens (including phenoxy) is 1. The van der Waals surface area contributed by atoms with E-state index in [1.54, 1.807) is 24.3 Å². The number of nitrogens with two attached hydrogens (primary N) is 1. The summed E-state index contributed by atoms with van der Waals surface area (Å²) in [5.74, 6) is -0.446. The largest absolute Gasteiger partial charge is 0.484 e. The molecule has 7 heteroatoms. The molecule has 0 saturated heterocycles. The smallest absolute Gasteiger partial charge is 0.255 e. The molecular weight excluding hydrogens is 373 g/mol. The molecule has 0 unspecified atom stereocenters. The summed E-state index contributed by atoms with van der Waals surface area (Å²) in [6.45, 7) is 7.27. The van der Waals surface area contributed by atoms with Crippen LogP contribution in [0.1, 0.15) is 26.3 Å². The molecule has 2 rings (SSSR count). The van der Waals surface area contributed by atoms with Gasteiger partial charge in [0.25, 0.3) is 5.91 Å². The number of carbonyl (C=O) groups excluding carboxylic acids is 2.